The van der Waals surface area contributed by atoms with Crippen LogP contribution in [0.4, 0.5) is 0 Å². The van der Waals surface area contributed by atoms with Crippen LogP contribution in [0.15, 0.2) is 36.7 Å². The largest absolute Gasteiger partial charge is 0.478 e. The van der Waals surface area contributed by atoms with Gasteiger partial charge in [0.25, 0.3) is 0 Å². The highest BCUT2D eigenvalue weighted by Crippen LogP contribution is 2.23. The Hall–Kier alpha value is -2.10. The smallest absolute Gasteiger partial charge is 0.337 e. The molecule has 0 unspecified atom stereocenters. The van der Waals surface area contributed by atoms with Crippen LogP contribution in [0.5, 0.6) is 0 Å². The van der Waals surface area contributed by atoms with Crippen molar-refractivity contribution < 1.29 is 9.90 Å². The average Bonchev–Trinajstić information content (AvgIpc) is 2.29. The van der Waals surface area contributed by atoms with Crippen LogP contribution in [-0.2, 0) is 0 Å². The number of rotatable bonds is 2. The molecule has 0 radical (unpaired) electrons. The lowest BCUT2D eigenvalue weighted by atomic mass is 10.0. The Bertz CT molecular complexity index is 478. The van der Waals surface area contributed by atoms with Crippen LogP contribution in [0.3, 0.4) is 0 Å². The summed E-state index contributed by atoms with van der Waals surface area (Å²) in [4.78, 5) is 16.9. The van der Waals surface area contributed by atoms with Gasteiger partial charge in [0.15, 0.2) is 0 Å². The number of allylic oxidation sites excluding steroid dienone is 2. The second-order valence-corrected chi connectivity index (χ2v) is 3.59. The fraction of sp³-hybridized carbons (Fsp3) is 0.167. The van der Waals surface area contributed by atoms with Crippen molar-refractivity contribution in [2.75, 3.05) is 13.6 Å². The second-order valence-electron chi connectivity index (χ2n) is 3.59. The molecule has 1 aliphatic heterocycles. The summed E-state index contributed by atoms with van der Waals surface area (Å²) in [6.07, 6.45) is 8.84. The Morgan fingerprint density at radius 1 is 1.56 bits per heavy atom. The van der Waals surface area contributed by atoms with Crippen LogP contribution in [0, 0.1) is 0 Å². The molecule has 1 N–H and O–H groups in total. The van der Waals surface area contributed by atoms with Gasteiger partial charge >= 0.3 is 5.97 Å². The standard InChI is InChI=1S/C12H12N2O2/c1-14-7-3-2-4-11(14)9-5-6-13-8-10(9)12(15)16/h2-6,8H,7H2,1H3,(H,15,16). The van der Waals surface area contributed by atoms with E-state index >= 15 is 0 Å². The number of carboxylic acid groups (broad SMARTS) is 1. The molecule has 0 atom stereocenters. The van der Waals surface area contributed by atoms with Gasteiger partial charge in [0.05, 0.1) is 5.56 Å². The molecule has 82 valence electrons. The minimum absolute atomic E-state index is 0.232. The van der Waals surface area contributed by atoms with Crippen LogP contribution < -0.4 is 0 Å². The molecular weight excluding hydrogens is 204 g/mol. The second kappa shape index (κ2) is 4.18. The van der Waals surface area contributed by atoms with Crippen LogP contribution in [0.2, 0.25) is 0 Å². The summed E-state index contributed by atoms with van der Waals surface area (Å²) in [6, 6.07) is 1.73. The van der Waals surface area contributed by atoms with Gasteiger partial charge < -0.3 is 10.0 Å². The number of likely N-dealkylation sites (N-methyl/N-ethyl adjacent to an activating group) is 1. The van der Waals surface area contributed by atoms with Gasteiger partial charge in [-0.3, -0.25) is 4.98 Å². The van der Waals surface area contributed by atoms with E-state index < -0.39 is 5.97 Å². The highest BCUT2D eigenvalue weighted by Gasteiger charge is 2.16. The third kappa shape index (κ3) is 1.82. The minimum Gasteiger partial charge on any atom is -0.478 e. The number of pyridine rings is 1. The number of aromatic carboxylic acids is 1. The van der Waals surface area contributed by atoms with Crippen molar-refractivity contribution in [1.82, 2.24) is 9.88 Å². The van der Waals surface area contributed by atoms with Crippen LogP contribution in [-0.4, -0.2) is 34.6 Å². The fourth-order valence-electron chi connectivity index (χ4n) is 1.69. The molecule has 1 aromatic rings. The van der Waals surface area contributed by atoms with Gasteiger partial charge in [0.1, 0.15) is 0 Å². The molecule has 16 heavy (non-hydrogen) atoms. The van der Waals surface area contributed by atoms with Gasteiger partial charge in [-0.15, -0.1) is 0 Å². The van der Waals surface area contributed by atoms with Crippen molar-refractivity contribution in [1.29, 1.82) is 0 Å². The van der Waals surface area contributed by atoms with E-state index in [0.29, 0.717) is 5.56 Å². The zero-order chi connectivity index (χ0) is 11.5. The molecule has 0 bridgehead atoms. The van der Waals surface area contributed by atoms with Crippen LogP contribution in [0.1, 0.15) is 15.9 Å². The van der Waals surface area contributed by atoms with Crippen molar-refractivity contribution in [3.63, 3.8) is 0 Å². The molecule has 4 nitrogen and oxygen atoms in total. The maximum Gasteiger partial charge on any atom is 0.337 e. The lowest BCUT2D eigenvalue weighted by molar-refractivity contribution is 0.0696. The predicted molar refractivity (Wildman–Crippen MR) is 60.9 cm³/mol. The average molecular weight is 216 g/mol. The highest BCUT2D eigenvalue weighted by atomic mass is 16.4. The van der Waals surface area contributed by atoms with E-state index in [0.717, 1.165) is 12.2 Å². The normalized spacial score (nSPS) is 14.8. The van der Waals surface area contributed by atoms with E-state index in [1.54, 1.807) is 12.3 Å². The van der Waals surface area contributed by atoms with E-state index in [1.165, 1.54) is 6.20 Å². The molecule has 0 saturated carbocycles. The first-order valence-corrected chi connectivity index (χ1v) is 4.96. The fourth-order valence-corrected chi connectivity index (χ4v) is 1.69. The van der Waals surface area contributed by atoms with Gasteiger partial charge in [0.2, 0.25) is 0 Å². The zero-order valence-corrected chi connectivity index (χ0v) is 8.92. The SMILES string of the molecule is CN1CC=CC=C1c1ccncc1C(=O)O. The monoisotopic (exact) mass is 216 g/mol. The summed E-state index contributed by atoms with van der Waals surface area (Å²) in [5.41, 5.74) is 1.84. The molecule has 0 spiro atoms. The lowest BCUT2D eigenvalue weighted by Crippen LogP contribution is -2.20. The molecular formula is C12H12N2O2. The third-order valence-electron chi connectivity index (χ3n) is 2.51. The number of hydrogen-bond donors (Lipinski definition) is 1. The maximum absolute atomic E-state index is 11.1. The van der Waals surface area contributed by atoms with Gasteiger partial charge in [0, 0.05) is 37.2 Å². The molecule has 1 aliphatic rings. The minimum atomic E-state index is -0.952. The number of aromatic nitrogens is 1. The summed E-state index contributed by atoms with van der Waals surface area (Å²) in [5.74, 6) is -0.952. The molecule has 0 amide bonds. The van der Waals surface area contributed by atoms with Gasteiger partial charge in [-0.1, -0.05) is 12.2 Å². The summed E-state index contributed by atoms with van der Waals surface area (Å²) in [6.45, 7) is 0.785. The number of carboxylic acids is 1. The Labute approximate surface area is 93.5 Å². The van der Waals surface area contributed by atoms with E-state index in [9.17, 15) is 4.79 Å². The molecule has 0 aromatic carbocycles. The Kier molecular flexibility index (Phi) is 2.72. The first kappa shape index (κ1) is 10.4. The zero-order valence-electron chi connectivity index (χ0n) is 8.92. The first-order chi connectivity index (χ1) is 7.70. The van der Waals surface area contributed by atoms with Crippen molar-refractivity contribution in [3.8, 4) is 0 Å². The van der Waals surface area contributed by atoms with E-state index in [1.807, 2.05) is 30.2 Å². The Morgan fingerprint density at radius 3 is 3.06 bits per heavy atom. The topological polar surface area (TPSA) is 53.4 Å². The van der Waals surface area contributed by atoms with Crippen molar-refractivity contribution >= 4 is 11.7 Å². The Balaban J connectivity index is 2.51. The number of hydrogen-bond acceptors (Lipinski definition) is 3. The molecule has 0 fully saturated rings. The summed E-state index contributed by atoms with van der Waals surface area (Å²) in [5, 5.41) is 9.08. The third-order valence-corrected chi connectivity index (χ3v) is 2.51. The summed E-state index contributed by atoms with van der Waals surface area (Å²) in [7, 11) is 1.93. The van der Waals surface area contributed by atoms with E-state index in [4.69, 9.17) is 5.11 Å². The number of nitrogens with zero attached hydrogens (tertiary/aromatic N) is 2. The predicted octanol–water partition coefficient (Wildman–Crippen LogP) is 1.62. The van der Waals surface area contributed by atoms with Crippen molar-refractivity contribution in [2.45, 2.75) is 0 Å². The summed E-state index contributed by atoms with van der Waals surface area (Å²) >= 11 is 0. The van der Waals surface area contributed by atoms with Crippen molar-refractivity contribution in [2.24, 2.45) is 0 Å². The van der Waals surface area contributed by atoms with Gasteiger partial charge in [-0.05, 0) is 12.1 Å². The van der Waals surface area contributed by atoms with E-state index in [-0.39, 0.29) is 5.56 Å². The highest BCUT2D eigenvalue weighted by molar-refractivity contribution is 5.93. The van der Waals surface area contributed by atoms with Crippen LogP contribution >= 0.6 is 0 Å². The first-order valence-electron chi connectivity index (χ1n) is 4.96. The quantitative estimate of drug-likeness (QED) is 0.816. The van der Waals surface area contributed by atoms with Crippen LogP contribution in [0.25, 0.3) is 5.70 Å². The Morgan fingerprint density at radius 2 is 2.38 bits per heavy atom. The van der Waals surface area contributed by atoms with Gasteiger partial charge in [-0.25, -0.2) is 4.79 Å². The van der Waals surface area contributed by atoms with Gasteiger partial charge in [-0.2, -0.15) is 0 Å². The molecule has 1 aromatic heterocycles. The number of carbonyl (C=O) groups is 1. The molecule has 0 aliphatic carbocycles. The lowest BCUT2D eigenvalue weighted by Gasteiger charge is -2.24. The van der Waals surface area contributed by atoms with Crippen molar-refractivity contribution in [3.05, 3.63) is 47.8 Å². The molecule has 2 rings (SSSR count). The maximum atomic E-state index is 11.1. The summed E-state index contributed by atoms with van der Waals surface area (Å²) < 4.78 is 0. The van der Waals surface area contributed by atoms with E-state index in [2.05, 4.69) is 4.98 Å². The molecule has 0 saturated heterocycles. The molecule has 2 heterocycles. The molecule has 4 heteroatoms.